The van der Waals surface area contributed by atoms with Crippen molar-refractivity contribution in [1.29, 1.82) is 0 Å². The van der Waals surface area contributed by atoms with Crippen LogP contribution in [0.1, 0.15) is 27.0 Å². The molecular formula is C24H23N3O2. The Morgan fingerprint density at radius 3 is 2.34 bits per heavy atom. The van der Waals surface area contributed by atoms with Crippen molar-refractivity contribution in [2.75, 3.05) is 5.73 Å². The zero-order valence-corrected chi connectivity index (χ0v) is 16.2. The third kappa shape index (κ3) is 5.81. The maximum absolute atomic E-state index is 12.8. The van der Waals surface area contributed by atoms with Crippen LogP contribution in [0, 0.1) is 6.92 Å². The van der Waals surface area contributed by atoms with Crippen LogP contribution in [0.4, 0.5) is 5.69 Å². The lowest BCUT2D eigenvalue weighted by atomic mass is 10.1. The maximum atomic E-state index is 12.8. The van der Waals surface area contributed by atoms with Gasteiger partial charge in [0.25, 0.3) is 11.8 Å². The summed E-state index contributed by atoms with van der Waals surface area (Å²) in [6, 6.07) is 23.8. The third-order valence-electron chi connectivity index (χ3n) is 4.32. The van der Waals surface area contributed by atoms with Gasteiger partial charge in [0.2, 0.25) is 0 Å². The minimum absolute atomic E-state index is 0.173. The van der Waals surface area contributed by atoms with Gasteiger partial charge in [0, 0.05) is 17.8 Å². The number of amides is 2. The zero-order chi connectivity index (χ0) is 20.6. The van der Waals surface area contributed by atoms with Crippen LogP contribution in [-0.4, -0.2) is 11.8 Å². The van der Waals surface area contributed by atoms with Crippen molar-refractivity contribution in [2.45, 2.75) is 13.5 Å². The first kappa shape index (κ1) is 19.9. The van der Waals surface area contributed by atoms with Crippen LogP contribution >= 0.6 is 0 Å². The molecule has 0 atom stereocenters. The maximum Gasteiger partial charge on any atom is 0.268 e. The van der Waals surface area contributed by atoms with E-state index in [9.17, 15) is 9.59 Å². The molecule has 4 N–H and O–H groups in total. The van der Waals surface area contributed by atoms with Gasteiger partial charge in [-0.25, -0.2) is 0 Å². The Balaban J connectivity index is 1.80. The molecule has 2 amide bonds. The third-order valence-corrected chi connectivity index (χ3v) is 4.32. The number of carbonyl (C=O) groups is 2. The van der Waals surface area contributed by atoms with Crippen LogP contribution in [0.2, 0.25) is 0 Å². The molecule has 29 heavy (non-hydrogen) atoms. The molecule has 0 heterocycles. The highest BCUT2D eigenvalue weighted by atomic mass is 16.2. The van der Waals surface area contributed by atoms with Gasteiger partial charge in [-0.15, -0.1) is 0 Å². The molecule has 0 saturated carbocycles. The molecule has 5 heteroatoms. The Morgan fingerprint density at radius 2 is 1.66 bits per heavy atom. The number of anilines is 1. The van der Waals surface area contributed by atoms with Gasteiger partial charge in [-0.3, -0.25) is 9.59 Å². The molecule has 0 spiro atoms. The highest BCUT2D eigenvalue weighted by Gasteiger charge is 2.14. The molecule has 0 aliphatic carbocycles. The molecule has 0 unspecified atom stereocenters. The fraction of sp³-hybridized carbons (Fsp3) is 0.0833. The van der Waals surface area contributed by atoms with Crippen LogP contribution in [0.3, 0.4) is 0 Å². The lowest BCUT2D eigenvalue weighted by Crippen LogP contribution is -2.34. The Labute approximate surface area is 170 Å². The minimum atomic E-state index is -0.378. The summed E-state index contributed by atoms with van der Waals surface area (Å²) in [6.07, 6.45) is 1.66. The number of hydrogen-bond donors (Lipinski definition) is 3. The van der Waals surface area contributed by atoms with Crippen molar-refractivity contribution < 1.29 is 9.59 Å². The minimum Gasteiger partial charge on any atom is -0.399 e. The lowest BCUT2D eigenvalue weighted by molar-refractivity contribution is -0.117. The second-order valence-electron chi connectivity index (χ2n) is 6.72. The first-order valence-corrected chi connectivity index (χ1v) is 9.28. The summed E-state index contributed by atoms with van der Waals surface area (Å²) in [5.74, 6) is -0.722. The van der Waals surface area contributed by atoms with E-state index >= 15 is 0 Å². The molecule has 3 aromatic carbocycles. The summed E-state index contributed by atoms with van der Waals surface area (Å²) in [5.41, 5.74) is 9.88. The van der Waals surface area contributed by atoms with Crippen molar-refractivity contribution >= 4 is 23.6 Å². The number of nitrogen functional groups attached to an aromatic ring is 1. The van der Waals surface area contributed by atoms with Gasteiger partial charge >= 0.3 is 0 Å². The van der Waals surface area contributed by atoms with E-state index in [2.05, 4.69) is 10.6 Å². The molecule has 0 radical (unpaired) electrons. The van der Waals surface area contributed by atoms with Gasteiger partial charge in [-0.1, -0.05) is 60.2 Å². The summed E-state index contributed by atoms with van der Waals surface area (Å²) in [4.78, 5) is 25.4. The number of nitrogens with two attached hydrogens (primary N) is 1. The summed E-state index contributed by atoms with van der Waals surface area (Å²) >= 11 is 0. The molecule has 0 aliphatic heterocycles. The van der Waals surface area contributed by atoms with Gasteiger partial charge in [0.1, 0.15) is 5.70 Å². The molecule has 3 aromatic rings. The molecule has 3 rings (SSSR count). The molecule has 146 valence electrons. The van der Waals surface area contributed by atoms with E-state index in [0.29, 0.717) is 17.8 Å². The summed E-state index contributed by atoms with van der Waals surface area (Å²) in [7, 11) is 0. The average molecular weight is 385 g/mol. The van der Waals surface area contributed by atoms with E-state index in [1.165, 1.54) is 0 Å². The topological polar surface area (TPSA) is 84.2 Å². The first-order valence-electron chi connectivity index (χ1n) is 9.28. The molecule has 0 fully saturated rings. The van der Waals surface area contributed by atoms with Gasteiger partial charge < -0.3 is 16.4 Å². The van der Waals surface area contributed by atoms with Gasteiger partial charge in [0.05, 0.1) is 0 Å². The monoisotopic (exact) mass is 385 g/mol. The van der Waals surface area contributed by atoms with Crippen molar-refractivity contribution in [3.8, 4) is 0 Å². The van der Waals surface area contributed by atoms with Crippen molar-refractivity contribution in [3.05, 3.63) is 107 Å². The zero-order valence-electron chi connectivity index (χ0n) is 16.2. The fourth-order valence-electron chi connectivity index (χ4n) is 2.75. The Kier molecular flexibility index (Phi) is 6.43. The highest BCUT2D eigenvalue weighted by Crippen LogP contribution is 2.10. The number of hydrogen-bond acceptors (Lipinski definition) is 3. The molecular weight excluding hydrogens is 362 g/mol. The van der Waals surface area contributed by atoms with E-state index in [1.807, 2.05) is 49.4 Å². The summed E-state index contributed by atoms with van der Waals surface area (Å²) < 4.78 is 0. The van der Waals surface area contributed by atoms with Crippen LogP contribution in [0.5, 0.6) is 0 Å². The van der Waals surface area contributed by atoms with Crippen molar-refractivity contribution in [1.82, 2.24) is 10.6 Å². The number of carbonyl (C=O) groups excluding carboxylic acids is 2. The first-order chi connectivity index (χ1) is 14.0. The largest absolute Gasteiger partial charge is 0.399 e. The predicted octanol–water partition coefficient (Wildman–Crippen LogP) is 3.66. The number of rotatable bonds is 6. The number of aryl methyl sites for hydroxylation is 1. The van der Waals surface area contributed by atoms with Crippen LogP contribution < -0.4 is 16.4 Å². The van der Waals surface area contributed by atoms with Gasteiger partial charge in [0.15, 0.2) is 0 Å². The smallest absolute Gasteiger partial charge is 0.268 e. The molecule has 0 saturated heterocycles. The SMILES string of the molecule is Cc1ccc(/C=C(\NC(=O)c2ccccc2)C(=O)NCc2cccc(N)c2)cc1. The summed E-state index contributed by atoms with van der Waals surface area (Å²) in [5, 5.41) is 5.57. The van der Waals surface area contributed by atoms with Crippen LogP contribution in [0.15, 0.2) is 84.6 Å². The van der Waals surface area contributed by atoms with Gasteiger partial charge in [-0.05, 0) is 48.4 Å². The van der Waals surface area contributed by atoms with E-state index in [-0.39, 0.29) is 17.5 Å². The molecule has 0 aromatic heterocycles. The van der Waals surface area contributed by atoms with Crippen molar-refractivity contribution in [3.63, 3.8) is 0 Å². The van der Waals surface area contributed by atoms with Crippen molar-refractivity contribution in [2.24, 2.45) is 0 Å². The average Bonchev–Trinajstić information content (AvgIpc) is 2.73. The number of benzene rings is 3. The molecule has 5 nitrogen and oxygen atoms in total. The fourth-order valence-corrected chi connectivity index (χ4v) is 2.75. The number of nitrogens with one attached hydrogen (secondary N) is 2. The van der Waals surface area contributed by atoms with E-state index in [0.717, 1.165) is 16.7 Å². The quantitative estimate of drug-likeness (QED) is 0.447. The molecule has 0 bridgehead atoms. The predicted molar refractivity (Wildman–Crippen MR) is 116 cm³/mol. The lowest BCUT2D eigenvalue weighted by Gasteiger charge is -2.12. The van der Waals surface area contributed by atoms with E-state index < -0.39 is 0 Å². The van der Waals surface area contributed by atoms with E-state index in [4.69, 9.17) is 5.73 Å². The van der Waals surface area contributed by atoms with Crippen LogP contribution in [-0.2, 0) is 11.3 Å². The Morgan fingerprint density at radius 1 is 0.931 bits per heavy atom. The standard InChI is InChI=1S/C24H23N3O2/c1-17-10-12-18(13-11-17)15-22(27-23(28)20-7-3-2-4-8-20)24(29)26-16-19-6-5-9-21(25)14-19/h2-15H,16,25H2,1H3,(H,26,29)(H,27,28)/b22-15-. The van der Waals surface area contributed by atoms with Gasteiger partial charge in [-0.2, -0.15) is 0 Å². The Hall–Kier alpha value is -3.86. The normalized spacial score (nSPS) is 11.0. The second-order valence-corrected chi connectivity index (χ2v) is 6.72. The second kappa shape index (κ2) is 9.37. The highest BCUT2D eigenvalue weighted by molar-refractivity contribution is 6.05. The summed E-state index contributed by atoms with van der Waals surface area (Å²) in [6.45, 7) is 2.29. The molecule has 0 aliphatic rings. The Bertz CT molecular complexity index is 1030. The van der Waals surface area contributed by atoms with Crippen LogP contribution in [0.25, 0.3) is 6.08 Å². The van der Waals surface area contributed by atoms with E-state index in [1.54, 1.807) is 42.5 Å².